The van der Waals surface area contributed by atoms with Gasteiger partial charge in [-0.05, 0) is 47.4 Å². The Labute approximate surface area is 206 Å². The number of carboxylic acid groups (broad SMARTS) is 1. The number of benzene rings is 2. The van der Waals surface area contributed by atoms with Crippen LogP contribution in [0.15, 0.2) is 48.5 Å². The fourth-order valence-corrected chi connectivity index (χ4v) is 5.28. The fourth-order valence-electron chi connectivity index (χ4n) is 5.28. The van der Waals surface area contributed by atoms with Crippen molar-refractivity contribution in [3.63, 3.8) is 0 Å². The summed E-state index contributed by atoms with van der Waals surface area (Å²) in [5.74, 6) is -1.39. The summed E-state index contributed by atoms with van der Waals surface area (Å²) in [5.41, 5.74) is 4.63. The van der Waals surface area contributed by atoms with E-state index >= 15 is 0 Å². The molecule has 186 valence electrons. The topological polar surface area (TPSA) is 105 Å². The van der Waals surface area contributed by atoms with E-state index in [1.165, 1.54) is 11.1 Å². The molecule has 3 N–H and O–H groups in total. The smallest absolute Gasteiger partial charge is 0.407 e. The molecule has 0 aromatic heterocycles. The molecule has 0 heterocycles. The van der Waals surface area contributed by atoms with Crippen LogP contribution in [0, 0.1) is 11.8 Å². The molecule has 4 rings (SSSR count). The highest BCUT2D eigenvalue weighted by molar-refractivity contribution is 5.80. The summed E-state index contributed by atoms with van der Waals surface area (Å²) in [7, 11) is 0. The number of nitrogens with one attached hydrogen (secondary N) is 2. The Morgan fingerprint density at radius 3 is 2.23 bits per heavy atom. The molecule has 0 radical (unpaired) electrons. The van der Waals surface area contributed by atoms with E-state index in [2.05, 4.69) is 34.9 Å². The van der Waals surface area contributed by atoms with Crippen molar-refractivity contribution >= 4 is 18.0 Å². The van der Waals surface area contributed by atoms with Gasteiger partial charge in [0.25, 0.3) is 0 Å². The molecule has 3 atom stereocenters. The van der Waals surface area contributed by atoms with Crippen LogP contribution in [0.3, 0.4) is 0 Å². The van der Waals surface area contributed by atoms with Gasteiger partial charge in [0, 0.05) is 24.4 Å². The first-order chi connectivity index (χ1) is 16.8. The van der Waals surface area contributed by atoms with Crippen LogP contribution in [0.5, 0.6) is 0 Å². The van der Waals surface area contributed by atoms with Gasteiger partial charge in [-0.3, -0.25) is 9.59 Å². The summed E-state index contributed by atoms with van der Waals surface area (Å²) in [6, 6.07) is 15.8. The molecular formula is C28H34N2O5. The van der Waals surface area contributed by atoms with Gasteiger partial charge >= 0.3 is 12.1 Å². The number of ether oxygens (including phenoxy) is 1. The van der Waals surface area contributed by atoms with Crippen LogP contribution in [0.25, 0.3) is 11.1 Å². The monoisotopic (exact) mass is 478 g/mol. The molecule has 2 aliphatic carbocycles. The Hall–Kier alpha value is -3.35. The number of carbonyl (C=O) groups excluding carboxylic acids is 2. The summed E-state index contributed by atoms with van der Waals surface area (Å²) >= 11 is 0. The highest BCUT2D eigenvalue weighted by Crippen LogP contribution is 2.44. The lowest BCUT2D eigenvalue weighted by Gasteiger charge is -2.28. The summed E-state index contributed by atoms with van der Waals surface area (Å²) in [6.07, 6.45) is 2.25. The molecule has 7 heteroatoms. The number of alkyl carbamates (subject to hydrolysis) is 1. The zero-order valence-corrected chi connectivity index (χ0v) is 20.3. The maximum atomic E-state index is 12.7. The van der Waals surface area contributed by atoms with Crippen LogP contribution in [-0.2, 0) is 14.3 Å². The maximum Gasteiger partial charge on any atom is 0.407 e. The van der Waals surface area contributed by atoms with Gasteiger partial charge in [0.15, 0.2) is 0 Å². The van der Waals surface area contributed by atoms with Crippen molar-refractivity contribution in [1.82, 2.24) is 10.6 Å². The molecule has 2 aromatic rings. The molecular weight excluding hydrogens is 444 g/mol. The molecule has 0 aliphatic heterocycles. The lowest BCUT2D eigenvalue weighted by molar-refractivity contribution is -0.143. The van der Waals surface area contributed by atoms with Crippen molar-refractivity contribution < 1.29 is 24.2 Å². The minimum Gasteiger partial charge on any atom is -0.481 e. The van der Waals surface area contributed by atoms with Gasteiger partial charge in [0.05, 0.1) is 5.92 Å². The minimum absolute atomic E-state index is 0.0255. The minimum atomic E-state index is -0.805. The average Bonchev–Trinajstić information content (AvgIpc) is 3.16. The average molecular weight is 479 g/mol. The van der Waals surface area contributed by atoms with Gasteiger partial charge in [0.2, 0.25) is 5.91 Å². The number of hydrogen-bond acceptors (Lipinski definition) is 4. The second-order valence-corrected chi connectivity index (χ2v) is 9.99. The summed E-state index contributed by atoms with van der Waals surface area (Å²) < 4.78 is 5.65. The fraction of sp³-hybridized carbons (Fsp3) is 0.464. The van der Waals surface area contributed by atoms with Crippen molar-refractivity contribution in [3.05, 3.63) is 59.7 Å². The second kappa shape index (κ2) is 10.9. The number of carbonyl (C=O) groups is 3. The Bertz CT molecular complexity index is 1040. The van der Waals surface area contributed by atoms with Crippen molar-refractivity contribution in [2.45, 2.75) is 64.0 Å². The van der Waals surface area contributed by atoms with Crippen LogP contribution in [0.1, 0.15) is 63.0 Å². The van der Waals surface area contributed by atoms with Gasteiger partial charge < -0.3 is 20.5 Å². The predicted octanol–water partition coefficient (Wildman–Crippen LogP) is 4.70. The van der Waals surface area contributed by atoms with Gasteiger partial charge in [-0.25, -0.2) is 4.79 Å². The standard InChI is InChI=1S/C28H34N2O5/c1-17(2)25(15-26(31)29-19-9-7-8-18(14-19)27(32)33)30-28(34)35-16-24-22-12-5-3-10-20(22)21-11-4-6-13-23(21)24/h3-6,10-13,17-19,24-25H,7-9,14-16H2,1-2H3,(H,29,31)(H,30,34)(H,32,33)/t18-,19+,25-/m0/s1. The van der Waals surface area contributed by atoms with Crippen molar-refractivity contribution in [2.24, 2.45) is 11.8 Å². The van der Waals surface area contributed by atoms with E-state index in [4.69, 9.17) is 4.74 Å². The van der Waals surface area contributed by atoms with Crippen LogP contribution in [0.4, 0.5) is 4.79 Å². The predicted molar refractivity (Wildman–Crippen MR) is 133 cm³/mol. The van der Waals surface area contributed by atoms with E-state index < -0.39 is 18.0 Å². The highest BCUT2D eigenvalue weighted by atomic mass is 16.5. The molecule has 0 saturated heterocycles. The molecule has 1 saturated carbocycles. The number of hydrogen-bond donors (Lipinski definition) is 3. The van der Waals surface area contributed by atoms with Crippen LogP contribution >= 0.6 is 0 Å². The van der Waals surface area contributed by atoms with Gasteiger partial charge in [-0.2, -0.15) is 0 Å². The van der Waals surface area contributed by atoms with E-state index in [-0.39, 0.29) is 42.9 Å². The maximum absolute atomic E-state index is 12.7. The van der Waals surface area contributed by atoms with Crippen molar-refractivity contribution in [2.75, 3.05) is 6.61 Å². The first kappa shape index (κ1) is 24.8. The Kier molecular flexibility index (Phi) is 7.73. The summed E-state index contributed by atoms with van der Waals surface area (Å²) in [6.45, 7) is 4.11. The molecule has 2 amide bonds. The molecule has 0 unspecified atom stereocenters. The highest BCUT2D eigenvalue weighted by Gasteiger charge is 2.31. The Balaban J connectivity index is 1.32. The lowest BCUT2D eigenvalue weighted by Crippen LogP contribution is -2.45. The second-order valence-electron chi connectivity index (χ2n) is 9.99. The van der Waals surface area contributed by atoms with Gasteiger partial charge in [-0.15, -0.1) is 0 Å². The molecule has 7 nitrogen and oxygen atoms in total. The molecule has 2 aromatic carbocycles. The Morgan fingerprint density at radius 2 is 1.63 bits per heavy atom. The number of fused-ring (bicyclic) bond motifs is 3. The lowest BCUT2D eigenvalue weighted by atomic mass is 9.85. The summed E-state index contributed by atoms with van der Waals surface area (Å²) in [5, 5.41) is 15.1. The number of carboxylic acids is 1. The van der Waals surface area contributed by atoms with Crippen molar-refractivity contribution in [1.29, 1.82) is 0 Å². The number of amides is 2. The first-order valence-corrected chi connectivity index (χ1v) is 12.5. The van der Waals surface area contributed by atoms with Crippen LogP contribution < -0.4 is 10.6 Å². The normalized spacial score (nSPS) is 20.0. The van der Waals surface area contributed by atoms with E-state index in [1.54, 1.807) is 0 Å². The zero-order valence-electron chi connectivity index (χ0n) is 20.3. The number of rotatable bonds is 8. The van der Waals surface area contributed by atoms with Crippen LogP contribution in [0.2, 0.25) is 0 Å². The van der Waals surface area contributed by atoms with E-state index in [0.717, 1.165) is 24.0 Å². The van der Waals surface area contributed by atoms with Gasteiger partial charge in [0.1, 0.15) is 6.61 Å². The Morgan fingerprint density at radius 1 is 1.00 bits per heavy atom. The van der Waals surface area contributed by atoms with E-state index in [9.17, 15) is 19.5 Å². The third-order valence-electron chi connectivity index (χ3n) is 7.25. The summed E-state index contributed by atoms with van der Waals surface area (Å²) in [4.78, 5) is 36.7. The number of aliphatic carboxylic acids is 1. The van der Waals surface area contributed by atoms with E-state index in [1.807, 2.05) is 38.1 Å². The third-order valence-corrected chi connectivity index (χ3v) is 7.25. The molecule has 1 fully saturated rings. The molecule has 2 aliphatic rings. The van der Waals surface area contributed by atoms with Gasteiger partial charge in [-0.1, -0.05) is 68.8 Å². The van der Waals surface area contributed by atoms with E-state index in [0.29, 0.717) is 12.8 Å². The first-order valence-electron chi connectivity index (χ1n) is 12.5. The zero-order chi connectivity index (χ0) is 24.9. The van der Waals surface area contributed by atoms with Crippen molar-refractivity contribution in [3.8, 4) is 11.1 Å². The molecule has 0 bridgehead atoms. The SMILES string of the molecule is CC(C)[C@H](CC(=O)N[C@@H]1CCC[C@H](C(=O)O)C1)NC(=O)OCC1c2ccccc2-c2ccccc21. The molecule has 0 spiro atoms. The van der Waals surface area contributed by atoms with Crippen LogP contribution in [-0.4, -0.2) is 41.8 Å². The quantitative estimate of drug-likeness (QED) is 0.510. The molecule has 35 heavy (non-hydrogen) atoms. The largest absolute Gasteiger partial charge is 0.481 e. The third kappa shape index (κ3) is 5.84.